The lowest BCUT2D eigenvalue weighted by molar-refractivity contribution is -0.136. The Hall–Kier alpha value is -2.22. The summed E-state index contributed by atoms with van der Waals surface area (Å²) in [6.07, 6.45) is 6.14. The quantitative estimate of drug-likeness (QED) is 0.767. The highest BCUT2D eigenvalue weighted by Crippen LogP contribution is 2.32. The molecule has 2 aliphatic rings. The highest BCUT2D eigenvalue weighted by Gasteiger charge is 2.31. The largest absolute Gasteiger partial charge is 0.351 e. The van der Waals surface area contributed by atoms with Crippen molar-refractivity contribution in [3.8, 4) is 0 Å². The van der Waals surface area contributed by atoms with Crippen LogP contribution < -0.4 is 5.32 Å². The molecule has 2 fully saturated rings. The van der Waals surface area contributed by atoms with Crippen molar-refractivity contribution in [2.45, 2.75) is 70.6 Å². The van der Waals surface area contributed by atoms with Crippen LogP contribution in [0.15, 0.2) is 16.0 Å². The molecule has 1 saturated carbocycles. The number of carbonyl (C=O) groups excluding carboxylic acids is 2. The standard InChI is InChI=1S/C22H30N4O3S/c1-22(2,3)18-13-30-21(23-18)24-19(27)17-12-16(25-29-17)14-8-10-26(11-9-14)20(28)15-6-4-5-7-15/h12-15H,4-11H2,1-3H3,(H,23,24,27). The Kier molecular flexibility index (Phi) is 5.95. The zero-order valence-electron chi connectivity index (χ0n) is 17.9. The zero-order chi connectivity index (χ0) is 21.3. The summed E-state index contributed by atoms with van der Waals surface area (Å²) in [4.78, 5) is 31.6. The van der Waals surface area contributed by atoms with E-state index in [9.17, 15) is 9.59 Å². The number of hydrogen-bond donors (Lipinski definition) is 1. The van der Waals surface area contributed by atoms with Gasteiger partial charge in [0.2, 0.25) is 11.7 Å². The zero-order valence-corrected chi connectivity index (χ0v) is 18.8. The first kappa shape index (κ1) is 21.0. The number of thiazole rings is 1. The normalized spacial score (nSPS) is 18.7. The summed E-state index contributed by atoms with van der Waals surface area (Å²) in [6, 6.07) is 1.73. The van der Waals surface area contributed by atoms with Crippen LogP contribution in [0.3, 0.4) is 0 Å². The van der Waals surface area contributed by atoms with Crippen LogP contribution in [0.4, 0.5) is 5.13 Å². The minimum Gasteiger partial charge on any atom is -0.351 e. The first-order valence-corrected chi connectivity index (χ1v) is 11.7. The molecule has 0 spiro atoms. The SMILES string of the molecule is CC(C)(C)c1csc(NC(=O)c2cc(C3CCN(C(=O)C4CCCC4)CC3)no2)n1. The predicted molar refractivity (Wildman–Crippen MR) is 116 cm³/mol. The van der Waals surface area contributed by atoms with Crippen LogP contribution in [0.25, 0.3) is 0 Å². The lowest BCUT2D eigenvalue weighted by Gasteiger charge is -2.32. The van der Waals surface area contributed by atoms with Crippen molar-refractivity contribution in [2.75, 3.05) is 18.4 Å². The molecule has 7 nitrogen and oxygen atoms in total. The minimum atomic E-state index is -0.336. The highest BCUT2D eigenvalue weighted by molar-refractivity contribution is 7.14. The monoisotopic (exact) mass is 430 g/mol. The minimum absolute atomic E-state index is 0.0626. The van der Waals surface area contributed by atoms with Crippen molar-refractivity contribution in [2.24, 2.45) is 5.92 Å². The molecule has 0 radical (unpaired) electrons. The van der Waals surface area contributed by atoms with Gasteiger partial charge in [0.1, 0.15) is 0 Å². The molecule has 0 atom stereocenters. The van der Waals surface area contributed by atoms with Gasteiger partial charge in [-0.3, -0.25) is 14.9 Å². The van der Waals surface area contributed by atoms with Crippen molar-refractivity contribution >= 4 is 28.3 Å². The van der Waals surface area contributed by atoms with Gasteiger partial charge < -0.3 is 9.42 Å². The number of nitrogens with zero attached hydrogens (tertiary/aromatic N) is 3. The molecule has 2 aromatic rings. The molecule has 1 aliphatic carbocycles. The van der Waals surface area contributed by atoms with Gasteiger partial charge in [-0.15, -0.1) is 11.3 Å². The molecule has 3 heterocycles. The van der Waals surface area contributed by atoms with Crippen LogP contribution in [0.5, 0.6) is 0 Å². The Labute approximate surface area is 181 Å². The summed E-state index contributed by atoms with van der Waals surface area (Å²) in [6.45, 7) is 7.77. The maximum Gasteiger partial charge on any atom is 0.296 e. The summed E-state index contributed by atoms with van der Waals surface area (Å²) < 4.78 is 5.32. The van der Waals surface area contributed by atoms with E-state index >= 15 is 0 Å². The van der Waals surface area contributed by atoms with Gasteiger partial charge in [0.25, 0.3) is 5.91 Å². The Morgan fingerprint density at radius 3 is 2.50 bits per heavy atom. The summed E-state index contributed by atoms with van der Waals surface area (Å²) in [7, 11) is 0. The number of anilines is 1. The summed E-state index contributed by atoms with van der Waals surface area (Å²) in [5, 5.41) is 9.46. The van der Waals surface area contributed by atoms with Crippen molar-refractivity contribution in [3.63, 3.8) is 0 Å². The van der Waals surface area contributed by atoms with E-state index < -0.39 is 0 Å². The first-order valence-electron chi connectivity index (χ1n) is 10.8. The number of aromatic nitrogens is 2. The predicted octanol–water partition coefficient (Wildman–Crippen LogP) is 4.58. The van der Waals surface area contributed by atoms with Gasteiger partial charge in [-0.25, -0.2) is 4.98 Å². The van der Waals surface area contributed by atoms with Gasteiger partial charge in [-0.1, -0.05) is 38.8 Å². The highest BCUT2D eigenvalue weighted by atomic mass is 32.1. The molecule has 4 rings (SSSR count). The molecule has 2 aromatic heterocycles. The van der Waals surface area contributed by atoms with Gasteiger partial charge in [-0.2, -0.15) is 0 Å². The third-order valence-electron chi connectivity index (χ3n) is 6.17. The molecule has 0 aromatic carbocycles. The second-order valence-corrected chi connectivity index (χ2v) is 10.3. The Morgan fingerprint density at radius 2 is 1.87 bits per heavy atom. The molecule has 8 heteroatoms. The summed E-state index contributed by atoms with van der Waals surface area (Å²) >= 11 is 1.40. The number of hydrogen-bond acceptors (Lipinski definition) is 6. The molecule has 1 N–H and O–H groups in total. The Bertz CT molecular complexity index is 900. The van der Waals surface area contributed by atoms with E-state index in [1.807, 2.05) is 10.3 Å². The van der Waals surface area contributed by atoms with Crippen molar-refractivity contribution < 1.29 is 14.1 Å². The summed E-state index contributed by atoms with van der Waals surface area (Å²) in [5.41, 5.74) is 1.68. The molecule has 162 valence electrons. The van der Waals surface area contributed by atoms with Crippen molar-refractivity contribution in [3.05, 3.63) is 28.6 Å². The Balaban J connectivity index is 1.32. The third-order valence-corrected chi connectivity index (χ3v) is 6.93. The van der Waals surface area contributed by atoms with Crippen LogP contribution >= 0.6 is 11.3 Å². The van der Waals surface area contributed by atoms with Crippen molar-refractivity contribution in [1.29, 1.82) is 0 Å². The van der Waals surface area contributed by atoms with E-state index in [1.165, 1.54) is 24.2 Å². The van der Waals surface area contributed by atoms with E-state index in [2.05, 4.69) is 36.2 Å². The number of amides is 2. The lowest BCUT2D eigenvalue weighted by atomic mass is 9.92. The molecule has 2 amide bonds. The van der Waals surface area contributed by atoms with E-state index in [1.54, 1.807) is 6.07 Å². The molecule has 1 saturated heterocycles. The van der Waals surface area contributed by atoms with Crippen LogP contribution in [0.1, 0.15) is 87.2 Å². The topological polar surface area (TPSA) is 88.3 Å². The lowest BCUT2D eigenvalue weighted by Crippen LogP contribution is -2.40. The van der Waals surface area contributed by atoms with E-state index in [-0.39, 0.29) is 28.9 Å². The maximum absolute atomic E-state index is 12.6. The van der Waals surface area contributed by atoms with Gasteiger partial charge in [-0.05, 0) is 25.7 Å². The molecular formula is C22H30N4O3S. The fourth-order valence-electron chi connectivity index (χ4n) is 4.25. The van der Waals surface area contributed by atoms with Crippen molar-refractivity contribution in [1.82, 2.24) is 15.0 Å². The second-order valence-electron chi connectivity index (χ2n) is 9.44. The van der Waals surface area contributed by atoms with Crippen LogP contribution in [0, 0.1) is 5.92 Å². The molecule has 30 heavy (non-hydrogen) atoms. The van der Waals surface area contributed by atoms with E-state index in [0.29, 0.717) is 11.0 Å². The fourth-order valence-corrected chi connectivity index (χ4v) is 5.18. The number of carbonyl (C=O) groups is 2. The van der Waals surface area contributed by atoms with Gasteiger partial charge in [0.15, 0.2) is 5.13 Å². The van der Waals surface area contributed by atoms with E-state index in [0.717, 1.165) is 50.2 Å². The average molecular weight is 431 g/mol. The average Bonchev–Trinajstić information content (AvgIpc) is 3.48. The van der Waals surface area contributed by atoms with Crippen LogP contribution in [-0.2, 0) is 10.2 Å². The summed E-state index contributed by atoms with van der Waals surface area (Å²) in [5.74, 6) is 0.632. The first-order chi connectivity index (χ1) is 14.3. The van der Waals surface area contributed by atoms with E-state index in [4.69, 9.17) is 4.52 Å². The number of rotatable bonds is 4. The third kappa shape index (κ3) is 4.58. The fraction of sp³-hybridized carbons (Fsp3) is 0.636. The Morgan fingerprint density at radius 1 is 1.17 bits per heavy atom. The molecule has 0 bridgehead atoms. The maximum atomic E-state index is 12.6. The molecule has 0 unspecified atom stereocenters. The molecule has 1 aliphatic heterocycles. The smallest absolute Gasteiger partial charge is 0.296 e. The second kappa shape index (κ2) is 8.49. The van der Waals surface area contributed by atoms with Crippen LogP contribution in [0.2, 0.25) is 0 Å². The molecular weight excluding hydrogens is 400 g/mol. The number of likely N-dealkylation sites (tertiary alicyclic amines) is 1. The van der Waals surface area contributed by atoms with Gasteiger partial charge >= 0.3 is 0 Å². The number of nitrogens with one attached hydrogen (secondary N) is 1. The number of piperidine rings is 1. The van der Waals surface area contributed by atoms with Gasteiger partial charge in [0, 0.05) is 41.8 Å². The van der Waals surface area contributed by atoms with Crippen LogP contribution in [-0.4, -0.2) is 39.9 Å². The van der Waals surface area contributed by atoms with Gasteiger partial charge in [0.05, 0.1) is 11.4 Å².